The van der Waals surface area contributed by atoms with Crippen LogP contribution in [0.15, 0.2) is 91.0 Å². The molecule has 0 saturated carbocycles. The van der Waals surface area contributed by atoms with Gasteiger partial charge in [-0.3, -0.25) is 0 Å². The van der Waals surface area contributed by atoms with Crippen LogP contribution in [0.3, 0.4) is 0 Å². The van der Waals surface area contributed by atoms with Gasteiger partial charge in [-0.1, -0.05) is 133 Å². The van der Waals surface area contributed by atoms with E-state index in [4.69, 9.17) is 9.47 Å². The summed E-state index contributed by atoms with van der Waals surface area (Å²) in [6, 6.07) is 33.3. The summed E-state index contributed by atoms with van der Waals surface area (Å²) in [5.41, 5.74) is 9.27. The fourth-order valence-electron chi connectivity index (χ4n) is 6.57. The van der Waals surface area contributed by atoms with E-state index in [-0.39, 0.29) is 5.92 Å². The normalized spacial score (nSPS) is 15.0. The smallest absolute Gasteiger partial charge is 0.119 e. The summed E-state index contributed by atoms with van der Waals surface area (Å²) >= 11 is 0. The quantitative estimate of drug-likeness (QED) is 0.117. The van der Waals surface area contributed by atoms with Crippen molar-refractivity contribution in [2.45, 2.75) is 85.0 Å². The van der Waals surface area contributed by atoms with Crippen LogP contribution in [0.25, 0.3) is 22.3 Å². The maximum Gasteiger partial charge on any atom is 0.119 e. The molecular weight excluding hydrogens is 524 g/mol. The van der Waals surface area contributed by atoms with Crippen LogP contribution < -0.4 is 9.47 Å². The van der Waals surface area contributed by atoms with Gasteiger partial charge in [0.15, 0.2) is 0 Å². The molecular formula is C41H50O2. The Kier molecular flexibility index (Phi) is 11.0. The van der Waals surface area contributed by atoms with Gasteiger partial charge in [0.25, 0.3) is 0 Å². The third-order valence-corrected chi connectivity index (χ3v) is 9.39. The van der Waals surface area contributed by atoms with E-state index in [0.29, 0.717) is 11.8 Å². The predicted octanol–water partition coefficient (Wildman–Crippen LogP) is 11.7. The lowest BCUT2D eigenvalue weighted by Crippen LogP contribution is -2.11. The molecule has 5 rings (SSSR count). The zero-order valence-corrected chi connectivity index (χ0v) is 26.8. The molecule has 1 aliphatic carbocycles. The Balaban J connectivity index is 1.39. The van der Waals surface area contributed by atoms with E-state index in [1.807, 2.05) is 0 Å². The molecule has 0 bridgehead atoms. The van der Waals surface area contributed by atoms with E-state index in [1.165, 1.54) is 90.3 Å². The third-order valence-electron chi connectivity index (χ3n) is 9.39. The Morgan fingerprint density at radius 2 is 1.09 bits per heavy atom. The SMILES string of the molecule is CCCCC(CC)COc1ccc(-c2cccc3c2C(c2ccc(OCC(CC)CCCC)cc2)c2ccccc2-3)cc1. The van der Waals surface area contributed by atoms with Crippen LogP contribution in [0.5, 0.6) is 11.5 Å². The van der Waals surface area contributed by atoms with Crippen molar-refractivity contribution in [3.63, 3.8) is 0 Å². The van der Waals surface area contributed by atoms with Gasteiger partial charge in [-0.2, -0.15) is 0 Å². The topological polar surface area (TPSA) is 18.5 Å². The van der Waals surface area contributed by atoms with Gasteiger partial charge in [-0.15, -0.1) is 0 Å². The van der Waals surface area contributed by atoms with Crippen LogP contribution in [0.4, 0.5) is 0 Å². The molecule has 0 amide bonds. The largest absolute Gasteiger partial charge is 0.493 e. The molecule has 0 aromatic heterocycles. The van der Waals surface area contributed by atoms with Crippen LogP contribution in [-0.4, -0.2) is 13.2 Å². The molecule has 0 spiro atoms. The molecule has 43 heavy (non-hydrogen) atoms. The lowest BCUT2D eigenvalue weighted by molar-refractivity contribution is 0.233. The number of benzene rings is 4. The molecule has 0 saturated heterocycles. The predicted molar refractivity (Wildman–Crippen MR) is 182 cm³/mol. The molecule has 3 atom stereocenters. The summed E-state index contributed by atoms with van der Waals surface area (Å²) in [5.74, 6) is 3.36. The number of rotatable bonds is 16. The average Bonchev–Trinajstić information content (AvgIpc) is 3.40. The maximum absolute atomic E-state index is 6.27. The summed E-state index contributed by atoms with van der Waals surface area (Å²) in [6.07, 6.45) is 9.86. The highest BCUT2D eigenvalue weighted by Gasteiger charge is 2.32. The number of ether oxygens (including phenoxy) is 2. The van der Waals surface area contributed by atoms with Gasteiger partial charge in [0.05, 0.1) is 13.2 Å². The van der Waals surface area contributed by atoms with Crippen molar-refractivity contribution in [1.29, 1.82) is 0 Å². The maximum atomic E-state index is 6.27. The number of fused-ring (bicyclic) bond motifs is 3. The van der Waals surface area contributed by atoms with Crippen molar-refractivity contribution in [3.8, 4) is 33.8 Å². The monoisotopic (exact) mass is 574 g/mol. The van der Waals surface area contributed by atoms with Crippen LogP contribution in [-0.2, 0) is 0 Å². The summed E-state index contributed by atoms with van der Waals surface area (Å²) in [5, 5.41) is 0. The average molecular weight is 575 g/mol. The summed E-state index contributed by atoms with van der Waals surface area (Å²) in [7, 11) is 0. The molecule has 3 unspecified atom stereocenters. The van der Waals surface area contributed by atoms with Crippen LogP contribution in [0, 0.1) is 11.8 Å². The Bertz CT molecular complexity index is 1420. The van der Waals surface area contributed by atoms with Crippen LogP contribution >= 0.6 is 0 Å². The lowest BCUT2D eigenvalue weighted by Gasteiger charge is -2.20. The first-order valence-electron chi connectivity index (χ1n) is 16.8. The molecule has 0 N–H and O–H groups in total. The van der Waals surface area contributed by atoms with E-state index in [9.17, 15) is 0 Å². The van der Waals surface area contributed by atoms with Crippen molar-refractivity contribution in [2.24, 2.45) is 11.8 Å². The highest BCUT2D eigenvalue weighted by molar-refractivity contribution is 5.88. The van der Waals surface area contributed by atoms with Gasteiger partial charge in [-0.25, -0.2) is 0 Å². The molecule has 4 aromatic carbocycles. The highest BCUT2D eigenvalue weighted by Crippen LogP contribution is 2.51. The molecule has 2 nitrogen and oxygen atoms in total. The Labute approximate surface area is 260 Å². The highest BCUT2D eigenvalue weighted by atomic mass is 16.5. The van der Waals surface area contributed by atoms with Crippen LogP contribution in [0.2, 0.25) is 0 Å². The molecule has 1 aliphatic rings. The van der Waals surface area contributed by atoms with E-state index in [1.54, 1.807) is 0 Å². The molecule has 0 fully saturated rings. The van der Waals surface area contributed by atoms with Gasteiger partial charge in [-0.05, 0) is 87.9 Å². The number of unbranched alkanes of at least 4 members (excludes halogenated alkanes) is 2. The van der Waals surface area contributed by atoms with Gasteiger partial charge in [0.1, 0.15) is 11.5 Å². The van der Waals surface area contributed by atoms with Gasteiger partial charge in [0.2, 0.25) is 0 Å². The van der Waals surface area contributed by atoms with E-state index < -0.39 is 0 Å². The van der Waals surface area contributed by atoms with Crippen LogP contribution in [0.1, 0.15) is 102 Å². The minimum Gasteiger partial charge on any atom is -0.493 e. The van der Waals surface area contributed by atoms with Crippen molar-refractivity contribution in [1.82, 2.24) is 0 Å². The first-order chi connectivity index (χ1) is 21.2. The first-order valence-corrected chi connectivity index (χ1v) is 16.8. The molecule has 0 radical (unpaired) electrons. The summed E-state index contributed by atoms with van der Waals surface area (Å²) in [6.45, 7) is 10.7. The van der Waals surface area contributed by atoms with E-state index in [0.717, 1.165) is 24.7 Å². The van der Waals surface area contributed by atoms with Crippen molar-refractivity contribution in [3.05, 3.63) is 108 Å². The molecule has 0 aliphatic heterocycles. The van der Waals surface area contributed by atoms with Gasteiger partial charge in [0, 0.05) is 5.92 Å². The first kappa shape index (κ1) is 30.9. The number of hydrogen-bond donors (Lipinski definition) is 0. The second kappa shape index (κ2) is 15.3. The molecule has 0 heterocycles. The molecule has 4 aromatic rings. The Hall–Kier alpha value is -3.52. The fraction of sp³-hybridized carbons (Fsp3) is 0.415. The van der Waals surface area contributed by atoms with Crippen molar-refractivity contribution in [2.75, 3.05) is 13.2 Å². The minimum atomic E-state index is 0.184. The van der Waals surface area contributed by atoms with E-state index in [2.05, 4.69) is 119 Å². The zero-order chi connectivity index (χ0) is 30.0. The zero-order valence-electron chi connectivity index (χ0n) is 26.8. The van der Waals surface area contributed by atoms with E-state index >= 15 is 0 Å². The second-order valence-corrected chi connectivity index (χ2v) is 12.3. The number of hydrogen-bond acceptors (Lipinski definition) is 2. The minimum absolute atomic E-state index is 0.184. The van der Waals surface area contributed by atoms with Gasteiger partial charge >= 0.3 is 0 Å². The van der Waals surface area contributed by atoms with Crippen molar-refractivity contribution >= 4 is 0 Å². The fourth-order valence-corrected chi connectivity index (χ4v) is 6.57. The summed E-state index contributed by atoms with van der Waals surface area (Å²) in [4.78, 5) is 0. The Morgan fingerprint density at radius 1 is 0.558 bits per heavy atom. The van der Waals surface area contributed by atoms with Gasteiger partial charge < -0.3 is 9.47 Å². The van der Waals surface area contributed by atoms with Crippen molar-refractivity contribution < 1.29 is 9.47 Å². The second-order valence-electron chi connectivity index (χ2n) is 12.3. The standard InChI is InChI=1S/C41H50O2/c1-5-9-14-30(7-3)28-42-34-24-20-32(21-25-34)36-18-13-19-39-37-16-11-12-17-38(37)40(41(36)39)33-22-26-35(27-23-33)43-29-31(8-4)15-10-6-2/h11-13,16-27,30-31,40H,5-10,14-15,28-29H2,1-4H3. The Morgan fingerprint density at radius 3 is 1.67 bits per heavy atom. The summed E-state index contributed by atoms with van der Waals surface area (Å²) < 4.78 is 12.5. The molecule has 226 valence electrons. The molecule has 2 heteroatoms. The third kappa shape index (κ3) is 7.35. The lowest BCUT2D eigenvalue weighted by atomic mass is 9.85.